The number of ether oxygens (including phenoxy) is 4. The fourth-order valence-corrected chi connectivity index (χ4v) is 10.9. The topological polar surface area (TPSA) is 278 Å². The largest absolute Gasteiger partial charge is 1.00 e. The van der Waals surface area contributed by atoms with Crippen LogP contribution in [0.15, 0.2) is 48.5 Å². The molecule has 0 aliphatic carbocycles. The Bertz CT molecular complexity index is 3240. The van der Waals surface area contributed by atoms with Crippen LogP contribution in [0.1, 0.15) is 158 Å². The molecule has 83 heavy (non-hydrogen) atoms. The number of aromatic amines is 1. The summed E-state index contributed by atoms with van der Waals surface area (Å²) >= 11 is 0. The van der Waals surface area contributed by atoms with E-state index in [0.717, 1.165) is 79.2 Å². The molecule has 10 rings (SSSR count). The second kappa shape index (κ2) is 26.9. The van der Waals surface area contributed by atoms with Crippen LogP contribution in [0.2, 0.25) is 0 Å². The average molecular weight is 1150 g/mol. The molecule has 2 unspecified atom stereocenters. The van der Waals surface area contributed by atoms with Crippen molar-refractivity contribution in [3.8, 4) is 0 Å². The molecule has 4 fully saturated rings. The number of esters is 1. The maximum atomic E-state index is 13.0. The van der Waals surface area contributed by atoms with E-state index in [-0.39, 0.29) is 115 Å². The van der Waals surface area contributed by atoms with Crippen LogP contribution in [-0.4, -0.2) is 148 Å². The monoisotopic (exact) mass is 1150 g/mol. The van der Waals surface area contributed by atoms with Gasteiger partial charge in [0.25, 0.3) is 0 Å². The summed E-state index contributed by atoms with van der Waals surface area (Å²) in [6, 6.07) is 15.0. The Hall–Kier alpha value is -6.76. The number of piperidine rings is 2. The smallest absolute Gasteiger partial charge is 1.00 e. The third-order valence-electron chi connectivity index (χ3n) is 14.0. The Kier molecular flexibility index (Phi) is 21.7. The molecular weight excluding hydrogens is 1070 g/mol. The van der Waals surface area contributed by atoms with E-state index >= 15 is 0 Å². The number of rotatable bonds is 10. The van der Waals surface area contributed by atoms with Crippen LogP contribution in [0, 0.1) is 13.8 Å². The Balaban J connectivity index is 0.000000347. The van der Waals surface area contributed by atoms with Gasteiger partial charge in [-0.2, -0.15) is 9.78 Å². The van der Waals surface area contributed by atoms with Gasteiger partial charge in [-0.3, -0.25) is 10.1 Å². The number of pyridine rings is 4. The van der Waals surface area contributed by atoms with E-state index in [2.05, 4.69) is 46.5 Å². The van der Waals surface area contributed by atoms with E-state index in [1.54, 1.807) is 52.0 Å². The maximum Gasteiger partial charge on any atom is 1.00 e. The number of hydrogen-bond acceptors (Lipinski definition) is 19. The summed E-state index contributed by atoms with van der Waals surface area (Å²) < 4.78 is 22.9. The number of nitrogens with one attached hydrogen (secondary N) is 5. The second-order valence-corrected chi connectivity index (χ2v) is 23.9. The van der Waals surface area contributed by atoms with E-state index in [9.17, 15) is 24.3 Å². The Morgan fingerprint density at radius 3 is 1.51 bits per heavy atom. The number of nitrogens with zero attached hydrogens (tertiary/aromatic N) is 9. The molecule has 2 amide bonds. The van der Waals surface area contributed by atoms with Crippen LogP contribution < -0.4 is 50.8 Å². The number of methoxy groups -OCH3 is 1. The van der Waals surface area contributed by atoms with E-state index in [1.165, 1.54) is 11.8 Å². The molecule has 23 nitrogen and oxygen atoms in total. The first-order valence-corrected chi connectivity index (χ1v) is 27.0. The SMILES string of the molecule is C.C.COC(=O)c1ccc2c(NC3C[C@H]4CC[C@@H](C3)N4C(=O)OC(C)(C)C)nc(Nc3cc(C)n(C(=O)OC(C)(C)C)n3)cc2n1.Cc1cc(Nc2cc3nc(CO)ccc3c(NC3C[C@H]4CC[C@@H](C3)N4C(=O)OC(C)(C)C)n2)n[nH]1.[B].[H-].[Na+]. The quantitative estimate of drug-likeness (QED) is 0.0430. The van der Waals surface area contributed by atoms with Crippen LogP contribution >= 0.6 is 0 Å². The summed E-state index contributed by atoms with van der Waals surface area (Å²) in [5.74, 6) is 2.84. The van der Waals surface area contributed by atoms with Gasteiger partial charge in [0.15, 0.2) is 11.6 Å². The Labute approximate surface area is 512 Å². The molecule has 25 heteroatoms. The third-order valence-corrected chi connectivity index (χ3v) is 14.0. The van der Waals surface area contributed by atoms with Gasteiger partial charge in [-0.25, -0.2) is 34.1 Å². The van der Waals surface area contributed by atoms with Gasteiger partial charge in [0, 0.05) is 91.1 Å². The van der Waals surface area contributed by atoms with Gasteiger partial charge >= 0.3 is 53.8 Å². The zero-order chi connectivity index (χ0) is 56.7. The van der Waals surface area contributed by atoms with Gasteiger partial charge in [0.1, 0.15) is 45.8 Å². The van der Waals surface area contributed by atoms with Crippen LogP contribution in [0.4, 0.5) is 49.3 Å². The number of aliphatic hydroxyl groups is 1. The normalized spacial score (nSPS) is 19.8. The van der Waals surface area contributed by atoms with Gasteiger partial charge in [-0.1, -0.05) is 14.9 Å². The minimum absolute atomic E-state index is 0. The average Bonchev–Trinajstić information content (AvgIpc) is 3.29. The van der Waals surface area contributed by atoms with Crippen LogP contribution in [0.25, 0.3) is 21.8 Å². The van der Waals surface area contributed by atoms with E-state index in [0.29, 0.717) is 46.0 Å². The molecule has 4 saturated heterocycles. The fraction of sp³-hybridized carbons (Fsp3) is 0.552. The number of aryl methyl sites for hydroxylation is 2. The van der Waals surface area contributed by atoms with Crippen molar-refractivity contribution < 1.29 is 74.2 Å². The maximum absolute atomic E-state index is 13.0. The summed E-state index contributed by atoms with van der Waals surface area (Å²) in [6.07, 6.45) is 5.88. The Morgan fingerprint density at radius 1 is 0.627 bits per heavy atom. The molecule has 0 spiro atoms. The molecule has 6 N–H and O–H groups in total. The molecule has 6 aromatic rings. The van der Waals surface area contributed by atoms with Crippen molar-refractivity contribution in [1.82, 2.24) is 49.7 Å². The molecule has 0 aromatic carbocycles. The first kappa shape index (κ1) is 67.0. The number of H-pyrrole nitrogens is 1. The molecule has 443 valence electrons. The van der Waals surface area contributed by atoms with Crippen molar-refractivity contribution in [2.45, 2.75) is 202 Å². The van der Waals surface area contributed by atoms with Crippen molar-refractivity contribution in [1.29, 1.82) is 0 Å². The molecule has 6 aromatic heterocycles. The number of aliphatic hydroxyl groups excluding tert-OH is 1. The van der Waals surface area contributed by atoms with Gasteiger partial charge in [0.05, 0.1) is 30.4 Å². The predicted molar refractivity (Wildman–Crippen MR) is 318 cm³/mol. The number of carbonyl (C=O) groups excluding carboxylic acids is 4. The Morgan fingerprint density at radius 2 is 1.07 bits per heavy atom. The van der Waals surface area contributed by atoms with Crippen molar-refractivity contribution in [3.05, 3.63) is 71.3 Å². The number of hydrogen-bond donors (Lipinski definition) is 6. The number of carbonyl (C=O) groups is 4. The predicted octanol–water partition coefficient (Wildman–Crippen LogP) is 8.04. The number of anilines is 6. The molecule has 0 saturated carbocycles. The number of aromatic nitrogens is 8. The third kappa shape index (κ3) is 16.3. The summed E-state index contributed by atoms with van der Waals surface area (Å²) in [4.78, 5) is 73.4. The molecular formula is C58H83BN14NaO9. The zero-order valence-corrected chi connectivity index (χ0v) is 50.8. The van der Waals surface area contributed by atoms with E-state index in [4.69, 9.17) is 28.9 Å². The van der Waals surface area contributed by atoms with Crippen LogP contribution in [0.3, 0.4) is 0 Å². The molecule has 10 heterocycles. The second-order valence-electron chi connectivity index (χ2n) is 23.9. The van der Waals surface area contributed by atoms with Crippen molar-refractivity contribution in [2.24, 2.45) is 0 Å². The molecule has 3 radical (unpaired) electrons. The van der Waals surface area contributed by atoms with Crippen LogP contribution in [0.5, 0.6) is 0 Å². The first-order chi connectivity index (χ1) is 37.3. The number of fused-ring (bicyclic) bond motifs is 6. The first-order valence-electron chi connectivity index (χ1n) is 27.0. The molecule has 6 atom stereocenters. The number of amides is 2. The van der Waals surface area contributed by atoms with Gasteiger partial charge in [0.2, 0.25) is 0 Å². The van der Waals surface area contributed by atoms with Gasteiger partial charge in [-0.15, -0.1) is 5.10 Å². The van der Waals surface area contributed by atoms with Crippen molar-refractivity contribution in [3.63, 3.8) is 0 Å². The van der Waals surface area contributed by atoms with Gasteiger partial charge < -0.3 is 56.5 Å². The zero-order valence-electron chi connectivity index (χ0n) is 49.8. The van der Waals surface area contributed by atoms with Crippen molar-refractivity contribution in [2.75, 3.05) is 28.4 Å². The fourth-order valence-electron chi connectivity index (χ4n) is 10.9. The van der Waals surface area contributed by atoms with Gasteiger partial charge in [-0.05, 0) is 152 Å². The summed E-state index contributed by atoms with van der Waals surface area (Å²) in [6.45, 7) is 20.3. The summed E-state index contributed by atoms with van der Waals surface area (Å²) in [5, 5.41) is 36.4. The van der Waals surface area contributed by atoms with E-state index < -0.39 is 28.9 Å². The minimum Gasteiger partial charge on any atom is -1.00 e. The molecule has 4 bridgehead atoms. The molecule has 4 aliphatic rings. The summed E-state index contributed by atoms with van der Waals surface area (Å²) in [5.41, 5.74) is 1.81. The van der Waals surface area contributed by atoms with Crippen molar-refractivity contribution >= 4 is 89.4 Å². The van der Waals surface area contributed by atoms with E-state index in [1.807, 2.05) is 82.5 Å². The standard InChI is InChI=1S/C31H41N7O6.C25H33N7O3.2CH4.B.Na.H/c1-17-13-25(36-38(17)29(41)44-31(5,6)7)34-24-16-23-21(11-12-22(33-23)27(39)42-8)26(35-24)32-18-14-19-9-10-20(15-18)37(19)28(40)43-30(2,3)4;1-14-9-22(31-30-14)28-21-12-20-19(8-5-15(13-33)26-20)23(29-21)27-16-10-17-6-7-18(11-16)32(17)24(34)35-25(2,3)4;;;;;/h11-13,16,18-20H,9-10,14-15H2,1-8H3,(H2,32,34,35,36);5,8-9,12,16-18,33H,6-7,10-11,13H2,1-4H3,(H3,27,28,29,30,31);2*1H4;;;/q;;;;;+1;-1/t18?,19-,20+;16?,17-,18+;;;;;. The van der Waals surface area contributed by atoms with Crippen LogP contribution in [-0.2, 0) is 25.6 Å². The summed E-state index contributed by atoms with van der Waals surface area (Å²) in [7, 11) is 1.31. The molecule has 4 aliphatic heterocycles. The minimum atomic E-state index is -0.672.